The molecule has 0 spiro atoms. The maximum atomic E-state index is 14.2. The van der Waals surface area contributed by atoms with E-state index < -0.39 is 16.0 Å². The fourth-order valence-corrected chi connectivity index (χ4v) is 5.52. The summed E-state index contributed by atoms with van der Waals surface area (Å²) < 4.78 is 43.2. The van der Waals surface area contributed by atoms with Crippen molar-refractivity contribution in [3.63, 3.8) is 0 Å². The molecule has 9 heteroatoms. The summed E-state index contributed by atoms with van der Waals surface area (Å²) in [6.45, 7) is 5.69. The Kier molecular flexibility index (Phi) is 6.47. The number of halogens is 1. The van der Waals surface area contributed by atoms with Crippen molar-refractivity contribution in [3.8, 4) is 0 Å². The molecule has 2 N–H and O–H groups in total. The molecule has 1 aliphatic rings. The topological polar surface area (TPSA) is 89.9 Å². The second kappa shape index (κ2) is 9.34. The standard InChI is InChI=1S/C25H26FN3O4S/c1-17-7-10-24(18(2)15-17)34(32,33)27-21-16-19(25(30)31)8-9-23(21)29-13-11-28(12-14-29)22-6-4-3-5-20(22)26/h3-10,15-16,27H,11-14H2,1-2H3,(H,30,31). The van der Waals surface area contributed by atoms with Crippen molar-refractivity contribution >= 4 is 33.1 Å². The number of carboxylic acids is 1. The highest BCUT2D eigenvalue weighted by Gasteiger charge is 2.25. The first kappa shape index (κ1) is 23.6. The predicted octanol–water partition coefficient (Wildman–Crippen LogP) is 4.27. The monoisotopic (exact) mass is 483 g/mol. The minimum Gasteiger partial charge on any atom is -0.478 e. The number of carbonyl (C=O) groups is 1. The van der Waals surface area contributed by atoms with E-state index in [-0.39, 0.29) is 22.0 Å². The quantitative estimate of drug-likeness (QED) is 0.544. The average molecular weight is 484 g/mol. The molecular weight excluding hydrogens is 457 g/mol. The number of piperazine rings is 1. The van der Waals surface area contributed by atoms with Crippen molar-refractivity contribution in [2.75, 3.05) is 40.7 Å². The van der Waals surface area contributed by atoms with Gasteiger partial charge >= 0.3 is 5.97 Å². The summed E-state index contributed by atoms with van der Waals surface area (Å²) in [5, 5.41) is 9.45. The van der Waals surface area contributed by atoms with Crippen LogP contribution in [0.25, 0.3) is 0 Å². The lowest BCUT2D eigenvalue weighted by Crippen LogP contribution is -2.47. The van der Waals surface area contributed by atoms with Gasteiger partial charge in [-0.15, -0.1) is 0 Å². The number of carboxylic acid groups (broad SMARTS) is 1. The van der Waals surface area contributed by atoms with Gasteiger partial charge in [-0.25, -0.2) is 17.6 Å². The maximum absolute atomic E-state index is 14.2. The Labute approximate surface area is 198 Å². The van der Waals surface area contributed by atoms with Gasteiger partial charge in [0.1, 0.15) is 5.82 Å². The van der Waals surface area contributed by atoms with Gasteiger partial charge in [-0.05, 0) is 55.8 Å². The molecule has 178 valence electrons. The zero-order valence-corrected chi connectivity index (χ0v) is 19.8. The van der Waals surface area contributed by atoms with Gasteiger partial charge in [0.05, 0.1) is 27.5 Å². The summed E-state index contributed by atoms with van der Waals surface area (Å²) >= 11 is 0. The second-order valence-electron chi connectivity index (χ2n) is 8.34. The normalized spacial score (nSPS) is 14.2. The number of nitrogens with one attached hydrogen (secondary N) is 1. The molecule has 0 aliphatic carbocycles. The van der Waals surface area contributed by atoms with Gasteiger partial charge in [-0.3, -0.25) is 4.72 Å². The van der Waals surface area contributed by atoms with Crippen LogP contribution in [0.5, 0.6) is 0 Å². The van der Waals surface area contributed by atoms with Crippen molar-refractivity contribution in [1.29, 1.82) is 0 Å². The van der Waals surface area contributed by atoms with Crippen LogP contribution in [0.4, 0.5) is 21.5 Å². The summed E-state index contributed by atoms with van der Waals surface area (Å²) in [4.78, 5) is 15.6. The highest BCUT2D eigenvalue weighted by molar-refractivity contribution is 7.92. The van der Waals surface area contributed by atoms with E-state index in [1.54, 1.807) is 49.4 Å². The number of hydrogen-bond donors (Lipinski definition) is 2. The minimum atomic E-state index is -3.95. The molecule has 0 saturated carbocycles. The Morgan fingerprint density at radius 1 is 0.912 bits per heavy atom. The van der Waals surface area contributed by atoms with E-state index in [1.807, 2.05) is 16.7 Å². The van der Waals surface area contributed by atoms with Crippen LogP contribution in [0, 0.1) is 19.7 Å². The summed E-state index contributed by atoms with van der Waals surface area (Å²) in [5.74, 6) is -1.44. The molecule has 0 unspecified atom stereocenters. The van der Waals surface area contributed by atoms with Crippen molar-refractivity contribution in [2.24, 2.45) is 0 Å². The highest BCUT2D eigenvalue weighted by atomic mass is 32.2. The van der Waals surface area contributed by atoms with Gasteiger partial charge in [0.2, 0.25) is 0 Å². The third kappa shape index (κ3) is 4.84. The number of benzene rings is 3. The van der Waals surface area contributed by atoms with E-state index in [4.69, 9.17) is 0 Å². The van der Waals surface area contributed by atoms with E-state index in [9.17, 15) is 22.7 Å². The summed E-state index contributed by atoms with van der Waals surface area (Å²) in [7, 11) is -3.95. The van der Waals surface area contributed by atoms with Crippen molar-refractivity contribution in [1.82, 2.24) is 0 Å². The van der Waals surface area contributed by atoms with Crippen molar-refractivity contribution < 1.29 is 22.7 Å². The Morgan fingerprint density at radius 3 is 2.18 bits per heavy atom. The Bertz CT molecular complexity index is 1340. The zero-order chi connectivity index (χ0) is 24.5. The van der Waals surface area contributed by atoms with E-state index in [1.165, 1.54) is 18.2 Å². The van der Waals surface area contributed by atoms with Crippen molar-refractivity contribution in [3.05, 3.63) is 83.2 Å². The molecule has 0 bridgehead atoms. The molecule has 1 saturated heterocycles. The molecular formula is C25H26FN3O4S. The number of aryl methyl sites for hydroxylation is 2. The molecule has 0 aromatic heterocycles. The minimum absolute atomic E-state index is 0.0212. The Hall–Kier alpha value is -3.59. The van der Waals surface area contributed by atoms with E-state index in [0.717, 1.165) is 5.56 Å². The lowest BCUT2D eigenvalue weighted by atomic mass is 10.1. The zero-order valence-electron chi connectivity index (χ0n) is 19.0. The maximum Gasteiger partial charge on any atom is 0.335 e. The Morgan fingerprint density at radius 2 is 1.56 bits per heavy atom. The molecule has 1 aliphatic heterocycles. The average Bonchev–Trinajstić information content (AvgIpc) is 2.79. The van der Waals surface area contributed by atoms with Crippen molar-refractivity contribution in [2.45, 2.75) is 18.7 Å². The molecule has 4 rings (SSSR count). The second-order valence-corrected chi connectivity index (χ2v) is 9.99. The van der Waals surface area contributed by atoms with Gasteiger partial charge in [-0.1, -0.05) is 29.8 Å². The number of sulfonamides is 1. The SMILES string of the molecule is Cc1ccc(S(=O)(=O)Nc2cc(C(=O)O)ccc2N2CCN(c3ccccc3F)CC2)c(C)c1. The molecule has 0 amide bonds. The van der Waals surface area contributed by atoms with E-state index in [2.05, 4.69) is 4.72 Å². The number of hydrogen-bond acceptors (Lipinski definition) is 5. The largest absolute Gasteiger partial charge is 0.478 e. The number of anilines is 3. The van der Waals surface area contributed by atoms with Gasteiger partial charge in [0.25, 0.3) is 10.0 Å². The molecule has 1 heterocycles. The van der Waals surface area contributed by atoms with Crippen LogP contribution in [0.1, 0.15) is 21.5 Å². The number of aromatic carboxylic acids is 1. The molecule has 1 fully saturated rings. The van der Waals surface area contributed by atoms with Crippen LogP contribution in [0.3, 0.4) is 0 Å². The third-order valence-corrected chi connectivity index (χ3v) is 7.45. The molecule has 0 radical (unpaired) electrons. The highest BCUT2D eigenvalue weighted by Crippen LogP contribution is 2.32. The molecule has 34 heavy (non-hydrogen) atoms. The number of rotatable bonds is 6. The summed E-state index contributed by atoms with van der Waals surface area (Å²) in [5.41, 5.74) is 2.82. The first-order chi connectivity index (χ1) is 16.2. The van der Waals surface area contributed by atoms with Crippen LogP contribution in [-0.2, 0) is 10.0 Å². The third-order valence-electron chi connectivity index (χ3n) is 5.92. The first-order valence-electron chi connectivity index (χ1n) is 10.9. The van der Waals surface area contributed by atoms with Crippen LogP contribution in [0.15, 0.2) is 65.6 Å². The van der Waals surface area contributed by atoms with Crippen LogP contribution >= 0.6 is 0 Å². The summed E-state index contributed by atoms with van der Waals surface area (Å²) in [6.07, 6.45) is 0. The predicted molar refractivity (Wildman–Crippen MR) is 131 cm³/mol. The number of nitrogens with zero attached hydrogens (tertiary/aromatic N) is 2. The van der Waals surface area contributed by atoms with Gasteiger partial charge in [-0.2, -0.15) is 0 Å². The fourth-order valence-electron chi connectivity index (χ4n) is 4.22. The van der Waals surface area contributed by atoms with E-state index >= 15 is 0 Å². The van der Waals surface area contributed by atoms with Gasteiger partial charge in [0, 0.05) is 26.2 Å². The smallest absolute Gasteiger partial charge is 0.335 e. The lowest BCUT2D eigenvalue weighted by Gasteiger charge is -2.38. The van der Waals surface area contributed by atoms with Crippen LogP contribution < -0.4 is 14.5 Å². The van der Waals surface area contributed by atoms with Crippen LogP contribution in [-0.4, -0.2) is 45.7 Å². The molecule has 0 atom stereocenters. The molecule has 3 aromatic carbocycles. The molecule has 3 aromatic rings. The van der Waals surface area contributed by atoms with Gasteiger partial charge in [0.15, 0.2) is 0 Å². The fraction of sp³-hybridized carbons (Fsp3) is 0.240. The van der Waals surface area contributed by atoms with Gasteiger partial charge < -0.3 is 14.9 Å². The summed E-state index contributed by atoms with van der Waals surface area (Å²) in [6, 6.07) is 16.0. The Balaban J connectivity index is 1.63. The lowest BCUT2D eigenvalue weighted by molar-refractivity contribution is 0.0697. The van der Waals surface area contributed by atoms with Crippen LogP contribution in [0.2, 0.25) is 0 Å². The number of para-hydroxylation sites is 1. The first-order valence-corrected chi connectivity index (χ1v) is 12.4. The molecule has 7 nitrogen and oxygen atoms in total. The van der Waals surface area contributed by atoms with E-state index in [0.29, 0.717) is 43.1 Å².